The van der Waals surface area contributed by atoms with Crippen LogP contribution in [-0.4, -0.2) is 29.6 Å². The van der Waals surface area contributed by atoms with E-state index in [4.69, 9.17) is 4.74 Å². The lowest BCUT2D eigenvalue weighted by Gasteiger charge is -2.24. The first kappa shape index (κ1) is 17.2. The second kappa shape index (κ2) is 7.41. The van der Waals surface area contributed by atoms with Crippen molar-refractivity contribution in [2.45, 2.75) is 26.7 Å². The van der Waals surface area contributed by atoms with E-state index in [0.717, 1.165) is 4.88 Å². The Morgan fingerprint density at radius 3 is 2.57 bits per heavy atom. The normalized spacial score (nSPS) is 20.1. The van der Waals surface area contributed by atoms with Crippen LogP contribution >= 0.6 is 11.3 Å². The number of carbonyl (C=O) groups is 3. The molecule has 7 heteroatoms. The molecule has 6 nitrogen and oxygen atoms in total. The Morgan fingerprint density at radius 1 is 1.30 bits per heavy atom. The fourth-order valence-corrected chi connectivity index (χ4v) is 3.45. The number of anilines is 1. The molecule has 1 aromatic heterocycles. The number of nitrogens with one attached hydrogen (secondary N) is 1. The minimum atomic E-state index is -0.984. The zero-order valence-electron chi connectivity index (χ0n) is 13.0. The van der Waals surface area contributed by atoms with Crippen LogP contribution in [0.4, 0.5) is 5.00 Å². The van der Waals surface area contributed by atoms with Crippen molar-refractivity contribution in [1.29, 1.82) is 0 Å². The highest BCUT2D eigenvalue weighted by Crippen LogP contribution is 2.31. The molecule has 0 unspecified atom stereocenters. The lowest BCUT2D eigenvalue weighted by Crippen LogP contribution is -2.34. The highest BCUT2D eigenvalue weighted by Gasteiger charge is 2.34. The zero-order valence-corrected chi connectivity index (χ0v) is 13.8. The highest BCUT2D eigenvalue weighted by atomic mass is 32.1. The van der Waals surface area contributed by atoms with Gasteiger partial charge in [0.25, 0.3) is 0 Å². The maximum Gasteiger partial charge on any atom is 0.341 e. The van der Waals surface area contributed by atoms with E-state index in [9.17, 15) is 19.5 Å². The van der Waals surface area contributed by atoms with E-state index in [0.29, 0.717) is 23.4 Å². The van der Waals surface area contributed by atoms with Crippen LogP contribution in [-0.2, 0) is 14.3 Å². The third-order valence-corrected chi connectivity index (χ3v) is 4.64. The number of hydrogen-bond donors (Lipinski definition) is 2. The molecule has 0 fully saturated rings. The predicted octanol–water partition coefficient (Wildman–Crippen LogP) is 2.84. The summed E-state index contributed by atoms with van der Waals surface area (Å²) >= 11 is 1.27. The summed E-state index contributed by atoms with van der Waals surface area (Å²) in [7, 11) is 0. The van der Waals surface area contributed by atoms with Gasteiger partial charge in [0.05, 0.1) is 24.0 Å². The number of carbonyl (C=O) groups excluding carboxylic acids is 2. The van der Waals surface area contributed by atoms with E-state index in [1.165, 1.54) is 11.3 Å². The molecule has 0 bridgehead atoms. The molecule has 0 saturated carbocycles. The van der Waals surface area contributed by atoms with Crippen molar-refractivity contribution in [3.8, 4) is 0 Å². The van der Waals surface area contributed by atoms with Gasteiger partial charge < -0.3 is 15.2 Å². The lowest BCUT2D eigenvalue weighted by molar-refractivity contribution is -0.146. The van der Waals surface area contributed by atoms with Crippen molar-refractivity contribution in [2.75, 3.05) is 11.9 Å². The first-order valence-corrected chi connectivity index (χ1v) is 8.21. The number of esters is 1. The maximum absolute atomic E-state index is 12.5. The Bertz CT molecular complexity index is 649. The number of aliphatic carboxylic acids is 1. The van der Waals surface area contributed by atoms with Crippen molar-refractivity contribution in [2.24, 2.45) is 11.8 Å². The van der Waals surface area contributed by atoms with Gasteiger partial charge in [0.15, 0.2) is 0 Å². The van der Waals surface area contributed by atoms with Gasteiger partial charge >= 0.3 is 11.9 Å². The van der Waals surface area contributed by atoms with Crippen LogP contribution in [0.1, 0.15) is 35.0 Å². The molecule has 0 radical (unpaired) electrons. The van der Waals surface area contributed by atoms with E-state index in [1.807, 2.05) is 13.0 Å². The third kappa shape index (κ3) is 3.98. The summed E-state index contributed by atoms with van der Waals surface area (Å²) < 4.78 is 4.98. The van der Waals surface area contributed by atoms with Crippen LogP contribution in [0.25, 0.3) is 0 Å². The SMILES string of the molecule is CCOC(=O)c1cc(C)sc1NC(=O)[C@@H]1CC=CC[C@@H]1C(=O)O. The van der Waals surface area contributed by atoms with Crippen molar-refractivity contribution >= 4 is 34.2 Å². The van der Waals surface area contributed by atoms with Gasteiger partial charge in [-0.2, -0.15) is 0 Å². The zero-order chi connectivity index (χ0) is 17.0. The molecule has 0 spiro atoms. The van der Waals surface area contributed by atoms with Crippen molar-refractivity contribution in [1.82, 2.24) is 0 Å². The summed E-state index contributed by atoms with van der Waals surface area (Å²) in [5, 5.41) is 12.4. The fraction of sp³-hybridized carbons (Fsp3) is 0.438. The minimum absolute atomic E-state index is 0.246. The van der Waals surface area contributed by atoms with Gasteiger partial charge in [-0.05, 0) is 32.8 Å². The number of ether oxygens (including phenoxy) is 1. The Hall–Kier alpha value is -2.15. The van der Waals surface area contributed by atoms with Gasteiger partial charge in [-0.15, -0.1) is 11.3 Å². The molecule has 2 N–H and O–H groups in total. The van der Waals surface area contributed by atoms with Crippen LogP contribution < -0.4 is 5.32 Å². The smallest absolute Gasteiger partial charge is 0.341 e. The van der Waals surface area contributed by atoms with E-state index in [1.54, 1.807) is 19.1 Å². The van der Waals surface area contributed by atoms with Gasteiger partial charge in [-0.1, -0.05) is 12.2 Å². The molecule has 0 saturated heterocycles. The third-order valence-electron chi connectivity index (χ3n) is 3.67. The summed E-state index contributed by atoms with van der Waals surface area (Å²) in [5.41, 5.74) is 0.306. The largest absolute Gasteiger partial charge is 0.481 e. The summed E-state index contributed by atoms with van der Waals surface area (Å²) in [6, 6.07) is 1.66. The molecule has 0 aliphatic heterocycles. The van der Waals surface area contributed by atoms with E-state index >= 15 is 0 Å². The van der Waals surface area contributed by atoms with Crippen molar-refractivity contribution in [3.63, 3.8) is 0 Å². The Balaban J connectivity index is 2.18. The molecule has 1 aromatic rings. The molecule has 1 aliphatic carbocycles. The Labute approximate surface area is 138 Å². The second-order valence-electron chi connectivity index (χ2n) is 5.30. The van der Waals surface area contributed by atoms with E-state index < -0.39 is 23.8 Å². The fourth-order valence-electron chi connectivity index (χ4n) is 2.55. The van der Waals surface area contributed by atoms with Gasteiger partial charge in [0.2, 0.25) is 5.91 Å². The number of thiophene rings is 1. The van der Waals surface area contributed by atoms with Gasteiger partial charge in [0, 0.05) is 4.88 Å². The number of carboxylic acids is 1. The van der Waals surface area contributed by atoms with E-state index in [-0.39, 0.29) is 12.5 Å². The number of allylic oxidation sites excluding steroid dienone is 2. The van der Waals surface area contributed by atoms with Gasteiger partial charge in [0.1, 0.15) is 5.00 Å². The molecule has 1 aliphatic rings. The van der Waals surface area contributed by atoms with Crippen molar-refractivity contribution in [3.05, 3.63) is 28.7 Å². The molecule has 2 atom stereocenters. The molecule has 0 aromatic carbocycles. The first-order valence-electron chi connectivity index (χ1n) is 7.40. The molecule has 23 heavy (non-hydrogen) atoms. The first-order chi connectivity index (χ1) is 10.9. The van der Waals surface area contributed by atoms with Crippen LogP contribution in [0.5, 0.6) is 0 Å². The summed E-state index contributed by atoms with van der Waals surface area (Å²) in [6.45, 7) is 3.78. The topological polar surface area (TPSA) is 92.7 Å². The molecule has 1 heterocycles. The summed E-state index contributed by atoms with van der Waals surface area (Å²) in [5.74, 6) is -3.25. The summed E-state index contributed by atoms with van der Waals surface area (Å²) in [6.07, 6.45) is 4.31. The van der Waals surface area contributed by atoms with E-state index in [2.05, 4.69) is 5.32 Å². The second-order valence-corrected chi connectivity index (χ2v) is 6.56. The number of hydrogen-bond acceptors (Lipinski definition) is 5. The highest BCUT2D eigenvalue weighted by molar-refractivity contribution is 7.16. The number of carboxylic acid groups (broad SMARTS) is 1. The minimum Gasteiger partial charge on any atom is -0.481 e. The molecular formula is C16H19NO5S. The van der Waals surface area contributed by atoms with Crippen LogP contribution in [0.2, 0.25) is 0 Å². The molecule has 124 valence electrons. The standard InChI is InChI=1S/C16H19NO5S/c1-3-22-16(21)12-8-9(2)23-14(12)17-13(18)10-6-4-5-7-11(10)15(19)20/h4-5,8,10-11H,3,6-7H2,1-2H3,(H,17,18)(H,19,20)/t10-,11+/m1/s1. The van der Waals surface area contributed by atoms with Crippen LogP contribution in [0.15, 0.2) is 18.2 Å². The predicted molar refractivity (Wildman–Crippen MR) is 86.6 cm³/mol. The monoisotopic (exact) mass is 337 g/mol. The van der Waals surface area contributed by atoms with Gasteiger partial charge in [-0.25, -0.2) is 4.79 Å². The maximum atomic E-state index is 12.5. The molecule has 2 rings (SSSR count). The van der Waals surface area contributed by atoms with Crippen molar-refractivity contribution < 1.29 is 24.2 Å². The summed E-state index contributed by atoms with van der Waals surface area (Å²) in [4.78, 5) is 36.6. The molecule has 1 amide bonds. The molecular weight excluding hydrogens is 318 g/mol. The number of amides is 1. The van der Waals surface area contributed by atoms with Gasteiger partial charge in [-0.3, -0.25) is 9.59 Å². The Morgan fingerprint density at radius 2 is 1.96 bits per heavy atom. The van der Waals surface area contributed by atoms with Crippen LogP contribution in [0.3, 0.4) is 0 Å². The number of aryl methyl sites for hydroxylation is 1. The lowest BCUT2D eigenvalue weighted by atomic mass is 9.82. The number of rotatable bonds is 5. The van der Waals surface area contributed by atoms with Crippen LogP contribution in [0, 0.1) is 18.8 Å². The quantitative estimate of drug-likeness (QED) is 0.636. The average molecular weight is 337 g/mol. The Kier molecular flexibility index (Phi) is 5.54. The average Bonchev–Trinajstić information content (AvgIpc) is 2.88.